The van der Waals surface area contributed by atoms with E-state index in [9.17, 15) is 15.0 Å². The van der Waals surface area contributed by atoms with Gasteiger partial charge in [-0.2, -0.15) is 0 Å². The second-order valence-corrected chi connectivity index (χ2v) is 12.9. The van der Waals surface area contributed by atoms with Crippen LogP contribution < -0.4 is 4.74 Å². The molecule has 0 aliphatic heterocycles. The van der Waals surface area contributed by atoms with Gasteiger partial charge in [0, 0.05) is 0 Å². The summed E-state index contributed by atoms with van der Waals surface area (Å²) in [4.78, 5) is 11.5. The van der Waals surface area contributed by atoms with Crippen molar-refractivity contribution < 1.29 is 19.7 Å². The molecule has 3 aromatic carbocycles. The van der Waals surface area contributed by atoms with Crippen LogP contribution >= 0.6 is 0 Å². The summed E-state index contributed by atoms with van der Waals surface area (Å²) in [6, 6.07) is 23.0. The van der Waals surface area contributed by atoms with Gasteiger partial charge in [0.25, 0.3) is 0 Å². The van der Waals surface area contributed by atoms with Crippen molar-refractivity contribution in [2.75, 3.05) is 0 Å². The molecule has 2 aliphatic rings. The van der Waals surface area contributed by atoms with Crippen LogP contribution in [0.3, 0.4) is 0 Å². The van der Waals surface area contributed by atoms with E-state index in [-0.39, 0.29) is 17.8 Å². The van der Waals surface area contributed by atoms with E-state index in [4.69, 9.17) is 4.74 Å². The van der Waals surface area contributed by atoms with Crippen molar-refractivity contribution in [1.82, 2.24) is 0 Å². The van der Waals surface area contributed by atoms with Crippen molar-refractivity contribution in [3.8, 4) is 16.9 Å². The lowest BCUT2D eigenvalue weighted by Gasteiger charge is -2.30. The molecule has 2 atom stereocenters. The molecule has 0 radical (unpaired) electrons. The summed E-state index contributed by atoms with van der Waals surface area (Å²) in [6.45, 7) is 8.88. The second-order valence-electron chi connectivity index (χ2n) is 12.9. The van der Waals surface area contributed by atoms with Gasteiger partial charge >= 0.3 is 5.97 Å². The van der Waals surface area contributed by atoms with Crippen LogP contribution in [-0.2, 0) is 17.0 Å². The minimum absolute atomic E-state index is 0.0567. The molecule has 39 heavy (non-hydrogen) atoms. The average molecular weight is 527 g/mol. The zero-order valence-electron chi connectivity index (χ0n) is 23.7. The van der Waals surface area contributed by atoms with Crippen LogP contribution in [0.4, 0.5) is 0 Å². The quantitative estimate of drug-likeness (QED) is 0.278. The molecule has 3 aromatic rings. The average Bonchev–Trinajstić information content (AvgIpc) is 3.67. The summed E-state index contributed by atoms with van der Waals surface area (Å²) in [6.07, 6.45) is 6.00. The Morgan fingerprint density at radius 3 is 2.46 bits per heavy atom. The highest BCUT2D eigenvalue weighted by atomic mass is 16.5. The number of rotatable bonds is 10. The Morgan fingerprint density at radius 1 is 1.03 bits per heavy atom. The fourth-order valence-electron chi connectivity index (χ4n) is 6.47. The van der Waals surface area contributed by atoms with Crippen molar-refractivity contribution in [3.05, 3.63) is 89.0 Å². The number of hydrogen-bond donors (Lipinski definition) is 2. The van der Waals surface area contributed by atoms with Crippen molar-refractivity contribution in [1.29, 1.82) is 0 Å². The number of carboxylic acid groups (broad SMARTS) is 1. The van der Waals surface area contributed by atoms with Crippen molar-refractivity contribution in [3.63, 3.8) is 0 Å². The SMILES string of the molecule is CC(C)(O)c1cccc(-c2ccc(COc3cccc([C@@H](CC(=O)O)C4CC4)c3)cc2[C@H]2CCCC2(C)C)c1. The van der Waals surface area contributed by atoms with E-state index in [0.717, 1.165) is 40.8 Å². The molecule has 0 aromatic heterocycles. The highest BCUT2D eigenvalue weighted by molar-refractivity contribution is 5.70. The lowest BCUT2D eigenvalue weighted by atomic mass is 9.75. The van der Waals surface area contributed by atoms with Gasteiger partial charge in [0.15, 0.2) is 0 Å². The third kappa shape index (κ3) is 6.38. The summed E-state index contributed by atoms with van der Waals surface area (Å²) in [7, 11) is 0. The van der Waals surface area contributed by atoms with Gasteiger partial charge in [-0.05, 0) is 114 Å². The van der Waals surface area contributed by atoms with Gasteiger partial charge in [-0.25, -0.2) is 0 Å². The minimum Gasteiger partial charge on any atom is -0.489 e. The topological polar surface area (TPSA) is 66.8 Å². The Hall–Kier alpha value is -3.11. The van der Waals surface area contributed by atoms with Gasteiger partial charge in [-0.3, -0.25) is 4.79 Å². The molecule has 0 amide bonds. The Bertz CT molecular complexity index is 1330. The molecule has 0 bridgehead atoms. The predicted octanol–water partition coefficient (Wildman–Crippen LogP) is 8.42. The molecule has 0 saturated heterocycles. The van der Waals surface area contributed by atoms with Crippen LogP contribution in [0.5, 0.6) is 5.75 Å². The minimum atomic E-state index is -0.895. The van der Waals surface area contributed by atoms with E-state index < -0.39 is 11.6 Å². The van der Waals surface area contributed by atoms with E-state index in [1.54, 1.807) is 0 Å². The molecule has 2 saturated carbocycles. The third-order valence-electron chi connectivity index (χ3n) is 8.91. The Balaban J connectivity index is 1.42. The molecule has 0 heterocycles. The van der Waals surface area contributed by atoms with Crippen LogP contribution in [0.1, 0.15) is 100 Å². The highest BCUT2D eigenvalue weighted by Gasteiger charge is 2.37. The normalized spacial score (nSPS) is 19.6. The number of aliphatic hydroxyl groups is 1. The van der Waals surface area contributed by atoms with E-state index in [2.05, 4.69) is 44.2 Å². The fourth-order valence-corrected chi connectivity index (χ4v) is 6.47. The number of carbonyl (C=O) groups is 1. The largest absolute Gasteiger partial charge is 0.489 e. The predicted molar refractivity (Wildman–Crippen MR) is 156 cm³/mol. The van der Waals surface area contributed by atoms with E-state index in [0.29, 0.717) is 18.4 Å². The Morgan fingerprint density at radius 2 is 1.79 bits per heavy atom. The smallest absolute Gasteiger partial charge is 0.303 e. The van der Waals surface area contributed by atoms with Crippen LogP contribution in [0.15, 0.2) is 66.7 Å². The van der Waals surface area contributed by atoms with E-state index >= 15 is 0 Å². The van der Waals surface area contributed by atoms with E-state index in [1.807, 2.05) is 50.2 Å². The zero-order valence-corrected chi connectivity index (χ0v) is 23.7. The highest BCUT2D eigenvalue weighted by Crippen LogP contribution is 2.51. The van der Waals surface area contributed by atoms with Crippen LogP contribution in [0.25, 0.3) is 11.1 Å². The van der Waals surface area contributed by atoms with Gasteiger partial charge in [0.05, 0.1) is 12.0 Å². The van der Waals surface area contributed by atoms with Gasteiger partial charge in [-0.1, -0.05) is 68.8 Å². The summed E-state index contributed by atoms with van der Waals surface area (Å²) in [5, 5.41) is 20.0. The third-order valence-corrected chi connectivity index (χ3v) is 8.91. The Labute approximate surface area is 233 Å². The fraction of sp³-hybridized carbons (Fsp3) is 0.457. The zero-order chi connectivity index (χ0) is 27.8. The number of ether oxygens (including phenoxy) is 1. The number of carboxylic acids is 1. The first-order chi connectivity index (χ1) is 18.5. The monoisotopic (exact) mass is 526 g/mol. The summed E-state index contributed by atoms with van der Waals surface area (Å²) in [5.41, 5.74) is 6.15. The molecule has 5 rings (SSSR count). The molecule has 2 fully saturated rings. The van der Waals surface area contributed by atoms with Crippen LogP contribution in [0, 0.1) is 11.3 Å². The lowest BCUT2D eigenvalue weighted by Crippen LogP contribution is -2.17. The number of aliphatic carboxylic acids is 1. The van der Waals surface area contributed by atoms with Crippen molar-refractivity contribution in [2.24, 2.45) is 11.3 Å². The second kappa shape index (κ2) is 10.8. The molecule has 2 N–H and O–H groups in total. The molecule has 0 unspecified atom stereocenters. The molecular weight excluding hydrogens is 484 g/mol. The summed E-state index contributed by atoms with van der Waals surface area (Å²) in [5.74, 6) is 1.02. The van der Waals surface area contributed by atoms with Crippen molar-refractivity contribution in [2.45, 2.75) is 90.3 Å². The summed E-state index contributed by atoms with van der Waals surface area (Å²) < 4.78 is 6.29. The molecule has 2 aliphatic carbocycles. The van der Waals surface area contributed by atoms with Crippen LogP contribution in [0.2, 0.25) is 0 Å². The maximum Gasteiger partial charge on any atom is 0.303 e. The van der Waals surface area contributed by atoms with Gasteiger partial charge in [-0.15, -0.1) is 0 Å². The van der Waals surface area contributed by atoms with Gasteiger partial charge < -0.3 is 14.9 Å². The standard InChI is InChI=1S/C35H42O4/c1-34(2)17-7-12-32(34)31-18-23(13-16-29(31)25-8-5-10-27(19-25)35(3,4)38)22-39-28-11-6-9-26(20-28)30(21-33(36)37)24-14-15-24/h5-6,8-11,13,16,18-20,24,30,32,38H,7,12,14-15,17,21-22H2,1-4H3,(H,36,37)/t30-,32+/m0/s1. The number of hydrogen-bond acceptors (Lipinski definition) is 3. The molecule has 206 valence electrons. The van der Waals surface area contributed by atoms with Crippen LogP contribution in [-0.4, -0.2) is 16.2 Å². The lowest BCUT2D eigenvalue weighted by molar-refractivity contribution is -0.137. The molecule has 4 heteroatoms. The Kier molecular flexibility index (Phi) is 7.61. The first kappa shape index (κ1) is 27.5. The summed E-state index contributed by atoms with van der Waals surface area (Å²) >= 11 is 0. The maximum atomic E-state index is 11.5. The van der Waals surface area contributed by atoms with Crippen molar-refractivity contribution >= 4 is 5.97 Å². The first-order valence-corrected chi connectivity index (χ1v) is 14.4. The molecular formula is C35H42O4. The van der Waals surface area contributed by atoms with Gasteiger partial charge in [0.2, 0.25) is 0 Å². The van der Waals surface area contributed by atoms with Gasteiger partial charge in [0.1, 0.15) is 12.4 Å². The molecule has 4 nitrogen and oxygen atoms in total. The molecule has 0 spiro atoms. The first-order valence-electron chi connectivity index (χ1n) is 14.4. The number of benzene rings is 3. The maximum absolute atomic E-state index is 11.5. The van der Waals surface area contributed by atoms with E-state index in [1.165, 1.54) is 30.4 Å².